The summed E-state index contributed by atoms with van der Waals surface area (Å²) in [7, 11) is -2.25. The number of sulfonamides is 1. The number of benzene rings is 1. The van der Waals surface area contributed by atoms with Crippen LogP contribution in [0.15, 0.2) is 41.2 Å². The Morgan fingerprint density at radius 2 is 1.94 bits per heavy atom. The summed E-state index contributed by atoms with van der Waals surface area (Å²) >= 11 is 1.62. The molecule has 3 heterocycles. The standard InChI is InChI=1S/C24H27N5O4S2/c1-7-18(24(30)33-6)21-22-27-26-15(5)29(22)23-19(13(3)14(4)34-23)20(25-21)16-9-11-17(12-10-16)28-35(31,32)8-2/h8-12,18,21,28H,2,7H2,1,3-6H3. The molecule has 35 heavy (non-hydrogen) atoms. The van der Waals surface area contributed by atoms with Crippen LogP contribution in [-0.2, 0) is 19.6 Å². The van der Waals surface area contributed by atoms with Gasteiger partial charge in [-0.1, -0.05) is 25.6 Å². The molecule has 11 heteroatoms. The number of esters is 1. The predicted molar refractivity (Wildman–Crippen MR) is 137 cm³/mol. The third kappa shape index (κ3) is 4.41. The van der Waals surface area contributed by atoms with Gasteiger partial charge in [-0.05, 0) is 44.9 Å². The van der Waals surface area contributed by atoms with E-state index in [4.69, 9.17) is 9.73 Å². The van der Waals surface area contributed by atoms with E-state index in [-0.39, 0.29) is 5.97 Å². The van der Waals surface area contributed by atoms with E-state index in [9.17, 15) is 13.2 Å². The van der Waals surface area contributed by atoms with Gasteiger partial charge in [0.1, 0.15) is 16.9 Å². The van der Waals surface area contributed by atoms with Gasteiger partial charge in [-0.3, -0.25) is 19.1 Å². The lowest BCUT2D eigenvalue weighted by atomic mass is 9.95. The second-order valence-electron chi connectivity index (χ2n) is 8.26. The Hall–Kier alpha value is -3.31. The Morgan fingerprint density at radius 3 is 2.54 bits per heavy atom. The van der Waals surface area contributed by atoms with Crippen LogP contribution >= 0.6 is 11.3 Å². The molecule has 1 aliphatic rings. The summed E-state index contributed by atoms with van der Waals surface area (Å²) in [6.45, 7) is 11.2. The number of fused-ring (bicyclic) bond motifs is 3. The van der Waals surface area contributed by atoms with E-state index in [1.807, 2.05) is 37.5 Å². The van der Waals surface area contributed by atoms with Crippen LogP contribution in [-0.4, -0.2) is 42.0 Å². The minimum atomic E-state index is -3.62. The summed E-state index contributed by atoms with van der Waals surface area (Å²) in [5, 5.41) is 10.5. The number of thiophene rings is 1. The van der Waals surface area contributed by atoms with Crippen LogP contribution in [0.25, 0.3) is 5.00 Å². The van der Waals surface area contributed by atoms with Crippen LogP contribution in [0.5, 0.6) is 0 Å². The molecule has 2 unspecified atom stereocenters. The Morgan fingerprint density at radius 1 is 1.26 bits per heavy atom. The third-order valence-electron chi connectivity index (χ3n) is 6.15. The molecule has 4 rings (SSSR count). The molecule has 2 aromatic heterocycles. The Labute approximate surface area is 208 Å². The van der Waals surface area contributed by atoms with E-state index < -0.39 is 22.0 Å². The van der Waals surface area contributed by atoms with Gasteiger partial charge in [0.05, 0.1) is 18.7 Å². The van der Waals surface area contributed by atoms with Gasteiger partial charge in [0, 0.05) is 27.1 Å². The summed E-state index contributed by atoms with van der Waals surface area (Å²) in [4.78, 5) is 19.0. The van der Waals surface area contributed by atoms with E-state index in [2.05, 4.69) is 28.4 Å². The highest BCUT2D eigenvalue weighted by Gasteiger charge is 2.38. The van der Waals surface area contributed by atoms with Crippen molar-refractivity contribution in [1.82, 2.24) is 14.8 Å². The van der Waals surface area contributed by atoms with Crippen molar-refractivity contribution in [3.63, 3.8) is 0 Å². The number of ether oxygens (including phenoxy) is 1. The predicted octanol–water partition coefficient (Wildman–Crippen LogP) is 4.23. The highest BCUT2D eigenvalue weighted by molar-refractivity contribution is 7.95. The topological polar surface area (TPSA) is 116 Å². The van der Waals surface area contributed by atoms with Crippen molar-refractivity contribution in [2.24, 2.45) is 10.9 Å². The number of aromatic nitrogens is 3. The van der Waals surface area contributed by atoms with Crippen molar-refractivity contribution in [3.8, 4) is 5.00 Å². The van der Waals surface area contributed by atoms with Crippen LogP contribution in [0.4, 0.5) is 5.69 Å². The van der Waals surface area contributed by atoms with Crippen LogP contribution in [0, 0.1) is 26.7 Å². The maximum Gasteiger partial charge on any atom is 0.311 e. The van der Waals surface area contributed by atoms with Crippen LogP contribution < -0.4 is 4.72 Å². The zero-order valence-corrected chi connectivity index (χ0v) is 21.8. The van der Waals surface area contributed by atoms with Crippen LogP contribution in [0.3, 0.4) is 0 Å². The number of carbonyl (C=O) groups is 1. The lowest BCUT2D eigenvalue weighted by molar-refractivity contribution is -0.146. The molecule has 0 amide bonds. The van der Waals surface area contributed by atoms with Gasteiger partial charge in [0.2, 0.25) is 0 Å². The molecular formula is C24H27N5O4S2. The van der Waals surface area contributed by atoms with Crippen LogP contribution in [0.1, 0.15) is 52.6 Å². The summed E-state index contributed by atoms with van der Waals surface area (Å²) in [6, 6.07) is 6.37. The lowest BCUT2D eigenvalue weighted by Gasteiger charge is -2.20. The highest BCUT2D eigenvalue weighted by Crippen LogP contribution is 2.41. The Kier molecular flexibility index (Phi) is 6.65. The quantitative estimate of drug-likeness (QED) is 0.473. The third-order valence-corrected chi connectivity index (χ3v) is 8.30. The smallest absolute Gasteiger partial charge is 0.311 e. The zero-order chi connectivity index (χ0) is 25.5. The molecule has 184 valence electrons. The van der Waals surface area contributed by atoms with Gasteiger partial charge in [-0.25, -0.2) is 8.42 Å². The maximum atomic E-state index is 12.7. The van der Waals surface area contributed by atoms with Crippen LogP contribution in [0.2, 0.25) is 0 Å². The molecule has 0 saturated carbocycles. The van der Waals surface area contributed by atoms with Gasteiger partial charge in [-0.2, -0.15) is 0 Å². The van der Waals surface area contributed by atoms with Crippen molar-refractivity contribution in [3.05, 3.63) is 69.5 Å². The molecule has 0 spiro atoms. The molecule has 0 radical (unpaired) electrons. The average Bonchev–Trinajstić information content (AvgIpc) is 3.31. The first-order valence-corrected chi connectivity index (χ1v) is 13.4. The summed E-state index contributed by atoms with van der Waals surface area (Å²) in [5.74, 6) is 0.386. The Balaban J connectivity index is 1.94. The highest BCUT2D eigenvalue weighted by atomic mass is 32.2. The molecule has 0 aliphatic carbocycles. The molecule has 1 aromatic carbocycles. The molecule has 1 aliphatic heterocycles. The van der Waals surface area contributed by atoms with Crippen molar-refractivity contribution >= 4 is 38.7 Å². The van der Waals surface area contributed by atoms with E-state index >= 15 is 0 Å². The number of nitrogens with zero attached hydrogens (tertiary/aromatic N) is 4. The number of methoxy groups -OCH3 is 1. The van der Waals surface area contributed by atoms with E-state index in [1.54, 1.807) is 23.5 Å². The largest absolute Gasteiger partial charge is 0.469 e. The zero-order valence-electron chi connectivity index (χ0n) is 20.2. The summed E-state index contributed by atoms with van der Waals surface area (Å²) in [5.41, 5.74) is 3.92. The fraction of sp³-hybridized carbons (Fsp3) is 0.333. The molecule has 9 nitrogen and oxygen atoms in total. The lowest BCUT2D eigenvalue weighted by Crippen LogP contribution is -2.24. The number of aryl methyl sites for hydroxylation is 2. The molecule has 0 bridgehead atoms. The number of anilines is 1. The summed E-state index contributed by atoms with van der Waals surface area (Å²) < 4.78 is 33.3. The number of hydrogen-bond acceptors (Lipinski definition) is 8. The van der Waals surface area contributed by atoms with Gasteiger partial charge >= 0.3 is 5.97 Å². The maximum absolute atomic E-state index is 12.7. The normalized spacial score (nSPS) is 15.9. The first kappa shape index (κ1) is 24.8. The minimum absolute atomic E-state index is 0.361. The second-order valence-corrected chi connectivity index (χ2v) is 11.1. The van der Waals surface area contributed by atoms with Gasteiger partial charge in [0.25, 0.3) is 10.0 Å². The fourth-order valence-corrected chi connectivity index (χ4v) is 5.95. The number of hydrogen-bond donors (Lipinski definition) is 1. The number of nitrogens with one attached hydrogen (secondary N) is 1. The molecular weight excluding hydrogens is 486 g/mol. The molecule has 0 saturated heterocycles. The monoisotopic (exact) mass is 513 g/mol. The molecule has 1 N–H and O–H groups in total. The summed E-state index contributed by atoms with van der Waals surface area (Å²) in [6.07, 6.45) is 0.508. The van der Waals surface area contributed by atoms with Crippen molar-refractivity contribution in [1.29, 1.82) is 0 Å². The van der Waals surface area contributed by atoms with Gasteiger partial charge in [0.15, 0.2) is 5.82 Å². The second kappa shape index (κ2) is 9.38. The van der Waals surface area contributed by atoms with E-state index in [1.165, 1.54) is 7.11 Å². The number of carbonyl (C=O) groups excluding carboxylic acids is 1. The SMILES string of the molecule is C=CS(=O)(=O)Nc1ccc(C2=NC(C(CC)C(=O)OC)c3nnc(C)n3-c3sc(C)c(C)c32)cc1. The minimum Gasteiger partial charge on any atom is -0.469 e. The first-order chi connectivity index (χ1) is 16.6. The van der Waals surface area contributed by atoms with Gasteiger partial charge in [-0.15, -0.1) is 21.5 Å². The molecule has 2 atom stereocenters. The number of rotatable bonds is 7. The first-order valence-electron chi connectivity index (χ1n) is 11.1. The van der Waals surface area contributed by atoms with Crippen molar-refractivity contribution in [2.75, 3.05) is 11.8 Å². The fourth-order valence-electron chi connectivity index (χ4n) is 4.19. The molecule has 3 aromatic rings. The van der Waals surface area contributed by atoms with Crippen molar-refractivity contribution < 1.29 is 17.9 Å². The number of aliphatic imine (C=N–C) groups is 1. The Bertz CT molecular complexity index is 1440. The van der Waals surface area contributed by atoms with E-state index in [0.717, 1.165) is 32.0 Å². The van der Waals surface area contributed by atoms with Gasteiger partial charge < -0.3 is 4.74 Å². The van der Waals surface area contributed by atoms with E-state index in [0.29, 0.717) is 29.5 Å². The average molecular weight is 514 g/mol. The molecule has 0 fully saturated rings. The van der Waals surface area contributed by atoms with Crippen molar-refractivity contribution in [2.45, 2.75) is 40.2 Å².